The Labute approximate surface area is 125 Å². The van der Waals surface area contributed by atoms with Crippen LogP contribution in [0, 0.1) is 5.92 Å². The number of carbonyl (C=O) groups excluding carboxylic acids is 2. The van der Waals surface area contributed by atoms with Crippen molar-refractivity contribution < 1.29 is 9.59 Å². The second kappa shape index (κ2) is 5.88. The van der Waals surface area contributed by atoms with Gasteiger partial charge < -0.3 is 9.80 Å². The fraction of sp³-hybridized carbons (Fsp3) is 0.529. The van der Waals surface area contributed by atoms with Gasteiger partial charge in [-0.1, -0.05) is 13.0 Å². The molecule has 1 atom stereocenters. The molecular formula is C17H22N2O2. The highest BCUT2D eigenvalue weighted by Crippen LogP contribution is 2.24. The van der Waals surface area contributed by atoms with Crippen LogP contribution < -0.4 is 4.90 Å². The molecule has 4 heteroatoms. The van der Waals surface area contributed by atoms with Crippen molar-refractivity contribution >= 4 is 17.5 Å². The Balaban J connectivity index is 1.79. The minimum Gasteiger partial charge on any atom is -0.338 e. The van der Waals surface area contributed by atoms with Crippen LogP contribution >= 0.6 is 0 Å². The summed E-state index contributed by atoms with van der Waals surface area (Å²) in [6.45, 7) is 4.64. The third-order valence-electron chi connectivity index (χ3n) is 4.42. The normalized spacial score (nSPS) is 22.7. The molecule has 112 valence electrons. The molecule has 21 heavy (non-hydrogen) atoms. The molecule has 2 heterocycles. The molecule has 0 N–H and O–H groups in total. The predicted molar refractivity (Wildman–Crippen MR) is 82.3 cm³/mol. The number of anilines is 1. The SMILES string of the molecule is C[C@@H]1CCCN(C(=O)c2cccc(N3CCCC3=O)c2)C1. The van der Waals surface area contributed by atoms with E-state index in [0.717, 1.165) is 38.2 Å². The lowest BCUT2D eigenvalue weighted by Crippen LogP contribution is -2.39. The molecule has 4 nitrogen and oxygen atoms in total. The van der Waals surface area contributed by atoms with Gasteiger partial charge in [-0.25, -0.2) is 0 Å². The molecular weight excluding hydrogens is 264 g/mol. The second-order valence-electron chi connectivity index (χ2n) is 6.20. The molecule has 2 aliphatic rings. The van der Waals surface area contributed by atoms with Gasteiger partial charge in [0.25, 0.3) is 5.91 Å². The first kappa shape index (κ1) is 14.1. The maximum absolute atomic E-state index is 12.6. The number of piperidine rings is 1. The van der Waals surface area contributed by atoms with Crippen molar-refractivity contribution in [3.63, 3.8) is 0 Å². The monoisotopic (exact) mass is 286 g/mol. The number of benzene rings is 1. The van der Waals surface area contributed by atoms with E-state index in [0.29, 0.717) is 17.9 Å². The third-order valence-corrected chi connectivity index (χ3v) is 4.42. The van der Waals surface area contributed by atoms with Crippen molar-refractivity contribution in [1.82, 2.24) is 4.90 Å². The molecule has 0 unspecified atom stereocenters. The van der Waals surface area contributed by atoms with Crippen molar-refractivity contribution in [3.8, 4) is 0 Å². The number of hydrogen-bond donors (Lipinski definition) is 0. The van der Waals surface area contributed by atoms with Gasteiger partial charge in [0, 0.05) is 37.3 Å². The topological polar surface area (TPSA) is 40.6 Å². The highest BCUT2D eigenvalue weighted by molar-refractivity contribution is 5.99. The van der Waals surface area contributed by atoms with Crippen LogP contribution in [0.5, 0.6) is 0 Å². The second-order valence-corrected chi connectivity index (χ2v) is 6.20. The highest BCUT2D eigenvalue weighted by Gasteiger charge is 2.25. The molecule has 2 aliphatic heterocycles. The van der Waals surface area contributed by atoms with Crippen molar-refractivity contribution in [2.75, 3.05) is 24.5 Å². The number of likely N-dealkylation sites (tertiary alicyclic amines) is 1. The lowest BCUT2D eigenvalue weighted by Gasteiger charge is -2.31. The Morgan fingerprint density at radius 2 is 2.10 bits per heavy atom. The average Bonchev–Trinajstić information content (AvgIpc) is 2.93. The van der Waals surface area contributed by atoms with Gasteiger partial charge in [0.1, 0.15) is 0 Å². The number of rotatable bonds is 2. The maximum Gasteiger partial charge on any atom is 0.253 e. The molecule has 0 spiro atoms. The molecule has 0 saturated carbocycles. The Bertz CT molecular complexity index is 555. The van der Waals surface area contributed by atoms with Crippen LogP contribution in [0.4, 0.5) is 5.69 Å². The van der Waals surface area contributed by atoms with Gasteiger partial charge in [-0.3, -0.25) is 9.59 Å². The number of hydrogen-bond acceptors (Lipinski definition) is 2. The summed E-state index contributed by atoms with van der Waals surface area (Å²) >= 11 is 0. The largest absolute Gasteiger partial charge is 0.338 e. The minimum atomic E-state index is 0.0926. The van der Waals surface area contributed by atoms with Gasteiger partial charge in [0.15, 0.2) is 0 Å². The summed E-state index contributed by atoms with van der Waals surface area (Å²) in [5.74, 6) is 0.826. The summed E-state index contributed by atoms with van der Waals surface area (Å²) in [5, 5.41) is 0. The van der Waals surface area contributed by atoms with E-state index < -0.39 is 0 Å². The van der Waals surface area contributed by atoms with E-state index >= 15 is 0 Å². The van der Waals surface area contributed by atoms with Gasteiger partial charge in [-0.2, -0.15) is 0 Å². The van der Waals surface area contributed by atoms with E-state index in [9.17, 15) is 9.59 Å². The number of amides is 2. The number of nitrogens with zero attached hydrogens (tertiary/aromatic N) is 2. The molecule has 1 aromatic rings. The van der Waals surface area contributed by atoms with Crippen LogP contribution in [0.15, 0.2) is 24.3 Å². The average molecular weight is 286 g/mol. The molecule has 0 aromatic heterocycles. The summed E-state index contributed by atoms with van der Waals surface area (Å²) in [6, 6.07) is 7.51. The molecule has 0 bridgehead atoms. The van der Waals surface area contributed by atoms with E-state index in [2.05, 4.69) is 6.92 Å². The lowest BCUT2D eigenvalue weighted by atomic mass is 9.99. The van der Waals surface area contributed by atoms with Gasteiger partial charge in [-0.15, -0.1) is 0 Å². The zero-order valence-corrected chi connectivity index (χ0v) is 12.5. The fourth-order valence-electron chi connectivity index (χ4n) is 3.28. The molecule has 0 aliphatic carbocycles. The fourth-order valence-corrected chi connectivity index (χ4v) is 3.28. The van der Waals surface area contributed by atoms with Crippen LogP contribution in [0.1, 0.15) is 43.0 Å². The van der Waals surface area contributed by atoms with Crippen LogP contribution in [-0.2, 0) is 4.79 Å². The van der Waals surface area contributed by atoms with E-state index in [1.807, 2.05) is 29.2 Å². The maximum atomic E-state index is 12.6. The Morgan fingerprint density at radius 1 is 1.24 bits per heavy atom. The standard InChI is InChI=1S/C17H22N2O2/c1-13-5-3-9-18(12-13)17(21)14-6-2-7-15(11-14)19-10-4-8-16(19)20/h2,6-7,11,13H,3-5,8-10,12H2,1H3/t13-/m1/s1. The molecule has 2 amide bonds. The Kier molecular flexibility index (Phi) is 3.95. The summed E-state index contributed by atoms with van der Waals surface area (Å²) in [6.07, 6.45) is 3.80. The van der Waals surface area contributed by atoms with E-state index in [-0.39, 0.29) is 11.8 Å². The highest BCUT2D eigenvalue weighted by atomic mass is 16.2. The summed E-state index contributed by atoms with van der Waals surface area (Å²) in [4.78, 5) is 28.2. The van der Waals surface area contributed by atoms with Crippen LogP contribution in [0.3, 0.4) is 0 Å². The van der Waals surface area contributed by atoms with Crippen molar-refractivity contribution in [2.24, 2.45) is 5.92 Å². The molecule has 2 saturated heterocycles. The Hall–Kier alpha value is -1.84. The molecule has 3 rings (SSSR count). The lowest BCUT2D eigenvalue weighted by molar-refractivity contribution is -0.117. The zero-order valence-electron chi connectivity index (χ0n) is 12.5. The van der Waals surface area contributed by atoms with Gasteiger partial charge in [-0.05, 0) is 43.4 Å². The third kappa shape index (κ3) is 2.94. The van der Waals surface area contributed by atoms with Crippen molar-refractivity contribution in [3.05, 3.63) is 29.8 Å². The zero-order chi connectivity index (χ0) is 14.8. The van der Waals surface area contributed by atoms with Gasteiger partial charge >= 0.3 is 0 Å². The molecule has 2 fully saturated rings. The minimum absolute atomic E-state index is 0.0926. The first-order valence-corrected chi connectivity index (χ1v) is 7.85. The van der Waals surface area contributed by atoms with E-state index in [1.54, 1.807) is 4.90 Å². The smallest absolute Gasteiger partial charge is 0.253 e. The summed E-state index contributed by atoms with van der Waals surface area (Å²) in [7, 11) is 0. The quantitative estimate of drug-likeness (QED) is 0.838. The first-order chi connectivity index (χ1) is 10.1. The first-order valence-electron chi connectivity index (χ1n) is 7.85. The van der Waals surface area contributed by atoms with E-state index in [1.165, 1.54) is 6.42 Å². The molecule has 0 radical (unpaired) electrons. The van der Waals surface area contributed by atoms with Crippen molar-refractivity contribution in [2.45, 2.75) is 32.6 Å². The number of carbonyl (C=O) groups is 2. The summed E-state index contributed by atoms with van der Waals surface area (Å²) in [5.41, 5.74) is 1.55. The van der Waals surface area contributed by atoms with Crippen LogP contribution in [-0.4, -0.2) is 36.3 Å². The predicted octanol–water partition coefficient (Wildman–Crippen LogP) is 2.69. The van der Waals surface area contributed by atoms with Crippen LogP contribution in [0.25, 0.3) is 0 Å². The summed E-state index contributed by atoms with van der Waals surface area (Å²) < 4.78 is 0. The molecule has 1 aromatic carbocycles. The van der Waals surface area contributed by atoms with Crippen molar-refractivity contribution in [1.29, 1.82) is 0 Å². The van der Waals surface area contributed by atoms with Gasteiger partial charge in [0.2, 0.25) is 5.91 Å². The Morgan fingerprint density at radius 3 is 2.81 bits per heavy atom. The van der Waals surface area contributed by atoms with Gasteiger partial charge in [0.05, 0.1) is 0 Å². The van der Waals surface area contributed by atoms with Crippen LogP contribution in [0.2, 0.25) is 0 Å². The van der Waals surface area contributed by atoms with E-state index in [4.69, 9.17) is 0 Å².